The number of thiophene rings is 1. The first-order chi connectivity index (χ1) is 13.1. The van der Waals surface area contributed by atoms with Gasteiger partial charge in [0, 0.05) is 35.5 Å². The number of carbonyl (C=O) groups excluding carboxylic acids is 2. The number of hydrogen-bond acceptors (Lipinski definition) is 5. The monoisotopic (exact) mass is 388 g/mol. The van der Waals surface area contributed by atoms with Gasteiger partial charge >= 0.3 is 12.0 Å². The number of nitrogens with one attached hydrogen (secondary N) is 1. The first-order valence-electron chi connectivity index (χ1n) is 9.50. The summed E-state index contributed by atoms with van der Waals surface area (Å²) in [5.74, 6) is 0.130. The van der Waals surface area contributed by atoms with Crippen LogP contribution in [0.2, 0.25) is 0 Å². The van der Waals surface area contributed by atoms with Gasteiger partial charge in [-0.2, -0.15) is 0 Å². The molecule has 144 valence electrons. The molecule has 2 aromatic rings. The predicted octanol–water partition coefficient (Wildman–Crippen LogP) is 4.11. The van der Waals surface area contributed by atoms with Gasteiger partial charge in [-0.05, 0) is 55.8 Å². The standard InChI is InChI=1S/C20H24N2O4S/c1-2-26-19(23)18-10-14-9-15(3-6-17(14)27-18)21-20(24)22(16-4-5-16)11-13-7-8-25-12-13/h3,6,9-10,13,16H,2,4-5,7-8,11-12H2,1H3,(H,21,24)/t13-/m1/s1. The zero-order chi connectivity index (χ0) is 18.8. The number of esters is 1. The lowest BCUT2D eigenvalue weighted by Crippen LogP contribution is -2.40. The van der Waals surface area contributed by atoms with Gasteiger partial charge in [-0.15, -0.1) is 11.3 Å². The first kappa shape index (κ1) is 18.3. The van der Waals surface area contributed by atoms with Crippen molar-refractivity contribution in [1.29, 1.82) is 0 Å². The summed E-state index contributed by atoms with van der Waals surface area (Å²) >= 11 is 1.40. The fraction of sp³-hybridized carbons (Fsp3) is 0.500. The van der Waals surface area contributed by atoms with Crippen molar-refractivity contribution in [3.05, 3.63) is 29.1 Å². The number of hydrogen-bond donors (Lipinski definition) is 1. The minimum atomic E-state index is -0.303. The summed E-state index contributed by atoms with van der Waals surface area (Å²) in [4.78, 5) is 27.3. The largest absolute Gasteiger partial charge is 0.462 e. The van der Waals surface area contributed by atoms with E-state index in [0.717, 1.165) is 54.8 Å². The van der Waals surface area contributed by atoms with Gasteiger partial charge in [-0.1, -0.05) is 0 Å². The Morgan fingerprint density at radius 1 is 1.30 bits per heavy atom. The second-order valence-electron chi connectivity index (χ2n) is 7.13. The van der Waals surface area contributed by atoms with Crippen LogP contribution < -0.4 is 5.32 Å². The van der Waals surface area contributed by atoms with Crippen LogP contribution in [0.25, 0.3) is 10.1 Å². The van der Waals surface area contributed by atoms with Crippen LogP contribution in [0.4, 0.5) is 10.5 Å². The van der Waals surface area contributed by atoms with Gasteiger partial charge in [0.05, 0.1) is 13.2 Å². The quantitative estimate of drug-likeness (QED) is 0.756. The number of rotatable bonds is 6. The Kier molecular flexibility index (Phi) is 5.31. The van der Waals surface area contributed by atoms with Crippen molar-refractivity contribution in [3.8, 4) is 0 Å². The van der Waals surface area contributed by atoms with Crippen LogP contribution in [0.3, 0.4) is 0 Å². The molecule has 1 atom stereocenters. The molecule has 1 aliphatic heterocycles. The molecule has 2 amide bonds. The molecule has 0 bridgehead atoms. The number of amides is 2. The molecule has 2 heterocycles. The molecule has 0 radical (unpaired) electrons. The molecule has 0 unspecified atom stereocenters. The van der Waals surface area contributed by atoms with Crippen LogP contribution in [0.5, 0.6) is 0 Å². The molecule has 2 aliphatic rings. The lowest BCUT2D eigenvalue weighted by molar-refractivity contribution is 0.0532. The summed E-state index contributed by atoms with van der Waals surface area (Å²) in [6, 6.07) is 7.86. The van der Waals surface area contributed by atoms with Gasteiger partial charge in [-0.3, -0.25) is 0 Å². The van der Waals surface area contributed by atoms with E-state index in [4.69, 9.17) is 9.47 Å². The summed E-state index contributed by atoms with van der Waals surface area (Å²) in [5, 5.41) is 3.96. The normalized spacial score (nSPS) is 19.2. The van der Waals surface area contributed by atoms with Crippen LogP contribution in [0.1, 0.15) is 35.9 Å². The maximum absolute atomic E-state index is 12.8. The van der Waals surface area contributed by atoms with Crippen molar-refractivity contribution in [2.75, 3.05) is 31.7 Å². The first-order valence-corrected chi connectivity index (χ1v) is 10.3. The maximum atomic E-state index is 12.8. The Bertz CT molecular complexity index is 840. The van der Waals surface area contributed by atoms with Gasteiger partial charge in [0.15, 0.2) is 0 Å². The van der Waals surface area contributed by atoms with Gasteiger partial charge in [0.2, 0.25) is 0 Å². The number of urea groups is 1. The molecule has 1 saturated carbocycles. The van der Waals surface area contributed by atoms with E-state index in [1.807, 2.05) is 29.2 Å². The van der Waals surface area contributed by atoms with Gasteiger partial charge in [-0.25, -0.2) is 9.59 Å². The number of ether oxygens (including phenoxy) is 2. The summed E-state index contributed by atoms with van der Waals surface area (Å²) in [6.45, 7) is 4.44. The molecular formula is C20H24N2O4S. The molecule has 7 heteroatoms. The molecule has 0 spiro atoms. The van der Waals surface area contributed by atoms with E-state index in [0.29, 0.717) is 23.4 Å². The van der Waals surface area contributed by atoms with Crippen LogP contribution in [0, 0.1) is 5.92 Å². The van der Waals surface area contributed by atoms with Gasteiger partial charge in [0.25, 0.3) is 0 Å². The SMILES string of the molecule is CCOC(=O)c1cc2cc(NC(=O)N(C[C@H]3CCOC3)C3CC3)ccc2s1. The minimum Gasteiger partial charge on any atom is -0.462 e. The van der Waals surface area contributed by atoms with E-state index in [9.17, 15) is 9.59 Å². The molecule has 2 fully saturated rings. The third-order valence-corrected chi connectivity index (χ3v) is 6.07. The molecule has 6 nitrogen and oxygen atoms in total. The third-order valence-electron chi connectivity index (χ3n) is 4.97. The van der Waals surface area contributed by atoms with Crippen molar-refractivity contribution < 1.29 is 19.1 Å². The number of anilines is 1. The van der Waals surface area contributed by atoms with Crippen molar-refractivity contribution in [2.24, 2.45) is 5.92 Å². The molecule has 1 aromatic carbocycles. The zero-order valence-corrected chi connectivity index (χ0v) is 16.2. The second kappa shape index (κ2) is 7.86. The molecule has 1 aliphatic carbocycles. The lowest BCUT2D eigenvalue weighted by Gasteiger charge is -2.25. The van der Waals surface area contributed by atoms with Crippen LogP contribution in [-0.2, 0) is 9.47 Å². The van der Waals surface area contributed by atoms with Crippen molar-refractivity contribution >= 4 is 39.1 Å². The number of carbonyl (C=O) groups is 2. The highest BCUT2D eigenvalue weighted by atomic mass is 32.1. The van der Waals surface area contributed by atoms with Gasteiger partial charge in [0.1, 0.15) is 4.88 Å². The van der Waals surface area contributed by atoms with Crippen molar-refractivity contribution in [3.63, 3.8) is 0 Å². The van der Waals surface area contributed by atoms with E-state index in [2.05, 4.69) is 5.32 Å². The van der Waals surface area contributed by atoms with Crippen molar-refractivity contribution in [2.45, 2.75) is 32.2 Å². The van der Waals surface area contributed by atoms with Crippen LogP contribution in [-0.4, -0.2) is 49.3 Å². The summed E-state index contributed by atoms with van der Waals surface area (Å²) < 4.78 is 11.5. The predicted molar refractivity (Wildman–Crippen MR) is 105 cm³/mol. The Labute approximate surface area is 162 Å². The average Bonchev–Trinajstić information content (AvgIpc) is 3.18. The Morgan fingerprint density at radius 2 is 2.15 bits per heavy atom. The second-order valence-corrected chi connectivity index (χ2v) is 8.21. The van der Waals surface area contributed by atoms with E-state index < -0.39 is 0 Å². The van der Waals surface area contributed by atoms with E-state index >= 15 is 0 Å². The number of fused-ring (bicyclic) bond motifs is 1. The maximum Gasteiger partial charge on any atom is 0.348 e. The van der Waals surface area contributed by atoms with Crippen LogP contribution in [0.15, 0.2) is 24.3 Å². The van der Waals surface area contributed by atoms with E-state index in [1.165, 1.54) is 11.3 Å². The molecule has 1 N–H and O–H groups in total. The number of benzene rings is 1. The summed E-state index contributed by atoms with van der Waals surface area (Å²) in [6.07, 6.45) is 3.18. The lowest BCUT2D eigenvalue weighted by atomic mass is 10.1. The highest BCUT2D eigenvalue weighted by Gasteiger charge is 2.34. The smallest absolute Gasteiger partial charge is 0.348 e. The molecule has 4 rings (SSSR count). The minimum absolute atomic E-state index is 0.0513. The molecule has 27 heavy (non-hydrogen) atoms. The molecule has 1 saturated heterocycles. The molecule has 1 aromatic heterocycles. The fourth-order valence-electron chi connectivity index (χ4n) is 3.41. The summed E-state index contributed by atoms with van der Waals surface area (Å²) in [5.41, 5.74) is 0.744. The van der Waals surface area contributed by atoms with Crippen molar-refractivity contribution in [1.82, 2.24) is 4.90 Å². The highest BCUT2D eigenvalue weighted by molar-refractivity contribution is 7.20. The van der Waals surface area contributed by atoms with Gasteiger partial charge < -0.3 is 19.7 Å². The Hall–Kier alpha value is -2.12. The zero-order valence-electron chi connectivity index (χ0n) is 15.4. The van der Waals surface area contributed by atoms with E-state index in [-0.39, 0.29) is 12.0 Å². The van der Waals surface area contributed by atoms with Crippen LogP contribution >= 0.6 is 11.3 Å². The Morgan fingerprint density at radius 3 is 2.85 bits per heavy atom. The highest BCUT2D eigenvalue weighted by Crippen LogP contribution is 2.31. The number of nitrogens with zero attached hydrogens (tertiary/aromatic N) is 1. The summed E-state index contributed by atoms with van der Waals surface area (Å²) in [7, 11) is 0. The van der Waals surface area contributed by atoms with E-state index in [1.54, 1.807) is 6.92 Å². The fourth-order valence-corrected chi connectivity index (χ4v) is 4.35. The molecular weight excluding hydrogens is 364 g/mol. The topological polar surface area (TPSA) is 67.9 Å². The Balaban J connectivity index is 1.46. The average molecular weight is 388 g/mol. The third kappa shape index (κ3) is 4.25.